The van der Waals surface area contributed by atoms with Gasteiger partial charge in [0, 0.05) is 7.05 Å². The molecule has 4 aromatic rings. The number of rotatable bonds is 5. The molecule has 0 spiro atoms. The van der Waals surface area contributed by atoms with Gasteiger partial charge in [-0.1, -0.05) is 12.1 Å². The van der Waals surface area contributed by atoms with Gasteiger partial charge in [0.15, 0.2) is 0 Å². The molecule has 2 aromatic carbocycles. The molecule has 0 aliphatic heterocycles. The van der Waals surface area contributed by atoms with E-state index >= 15 is 0 Å². The van der Waals surface area contributed by atoms with Crippen LogP contribution in [0.4, 0.5) is 31.1 Å². The predicted molar refractivity (Wildman–Crippen MR) is 127 cm³/mol. The van der Waals surface area contributed by atoms with E-state index in [2.05, 4.69) is 4.74 Å². The molecule has 40 heavy (non-hydrogen) atoms. The summed E-state index contributed by atoms with van der Waals surface area (Å²) in [5.41, 5.74) is -5.21. The van der Waals surface area contributed by atoms with E-state index in [1.54, 1.807) is 0 Å². The number of ether oxygens (including phenoxy) is 1. The van der Waals surface area contributed by atoms with E-state index in [-0.39, 0.29) is 27.8 Å². The lowest BCUT2D eigenvalue weighted by molar-refractivity contribution is -0.140. The van der Waals surface area contributed by atoms with E-state index in [4.69, 9.17) is 5.11 Å². The second-order valence-electron chi connectivity index (χ2n) is 8.71. The summed E-state index contributed by atoms with van der Waals surface area (Å²) < 4.78 is 86.6. The summed E-state index contributed by atoms with van der Waals surface area (Å²) in [5.74, 6) is -0.905. The summed E-state index contributed by atoms with van der Waals surface area (Å²) in [4.78, 5) is 50.0. The molecular weight excluding hydrogens is 554 g/mol. The van der Waals surface area contributed by atoms with Gasteiger partial charge in [0.05, 0.1) is 35.0 Å². The van der Waals surface area contributed by atoms with Gasteiger partial charge >= 0.3 is 29.9 Å². The van der Waals surface area contributed by atoms with Gasteiger partial charge in [0.2, 0.25) is 5.75 Å². The number of aryl methyl sites for hydroxylation is 1. The molecule has 2 aromatic heterocycles. The lowest BCUT2D eigenvalue weighted by atomic mass is 10.0. The zero-order chi connectivity index (χ0) is 29.7. The first kappa shape index (κ1) is 28.3. The Labute approximate surface area is 218 Å². The molecule has 16 heteroatoms. The number of hydrogen-bond donors (Lipinski definition) is 1. The Balaban J connectivity index is 1.96. The molecule has 0 fully saturated rings. The summed E-state index contributed by atoms with van der Waals surface area (Å²) >= 11 is 0. The first-order chi connectivity index (χ1) is 18.5. The van der Waals surface area contributed by atoms with E-state index in [0.29, 0.717) is 19.9 Å². The Morgan fingerprint density at radius 2 is 1.62 bits per heavy atom. The average molecular weight is 572 g/mol. The van der Waals surface area contributed by atoms with Crippen molar-refractivity contribution in [1.29, 1.82) is 0 Å². The molecule has 0 radical (unpaired) electrons. The van der Waals surface area contributed by atoms with Gasteiger partial charge in [-0.2, -0.15) is 26.3 Å². The Kier molecular flexibility index (Phi) is 6.90. The van der Waals surface area contributed by atoms with Crippen LogP contribution in [0.5, 0.6) is 5.75 Å². The zero-order valence-electron chi connectivity index (χ0n) is 20.5. The molecule has 212 valence electrons. The molecular formula is C24H18F6N4O6. The molecule has 0 saturated carbocycles. The van der Waals surface area contributed by atoms with Crippen LogP contribution in [0.2, 0.25) is 0 Å². The highest BCUT2D eigenvalue weighted by atomic mass is 19.4. The second-order valence-corrected chi connectivity index (χ2v) is 8.71. The van der Waals surface area contributed by atoms with Gasteiger partial charge in [-0.15, -0.1) is 0 Å². The minimum Gasteiger partial charge on any atom is -0.449 e. The first-order valence-electron chi connectivity index (χ1n) is 11.2. The minimum absolute atomic E-state index is 0.0703. The van der Waals surface area contributed by atoms with Crippen LogP contribution >= 0.6 is 0 Å². The summed E-state index contributed by atoms with van der Waals surface area (Å²) in [6, 6.07) is 6.59. The van der Waals surface area contributed by atoms with Crippen molar-refractivity contribution >= 4 is 17.2 Å². The molecule has 0 amide bonds. The Morgan fingerprint density at radius 3 is 2.23 bits per heavy atom. The molecule has 0 bridgehead atoms. The number of halogens is 6. The van der Waals surface area contributed by atoms with Crippen molar-refractivity contribution in [2.24, 2.45) is 7.05 Å². The third kappa shape index (κ3) is 5.23. The molecule has 0 saturated heterocycles. The Morgan fingerprint density at radius 1 is 0.950 bits per heavy atom. The van der Waals surface area contributed by atoms with Crippen LogP contribution in [0.1, 0.15) is 16.7 Å². The van der Waals surface area contributed by atoms with Crippen molar-refractivity contribution in [1.82, 2.24) is 18.3 Å². The van der Waals surface area contributed by atoms with E-state index in [0.717, 1.165) is 29.7 Å². The van der Waals surface area contributed by atoms with Crippen LogP contribution < -0.4 is 21.7 Å². The van der Waals surface area contributed by atoms with Crippen molar-refractivity contribution < 1.29 is 41.0 Å². The lowest BCUT2D eigenvalue weighted by Crippen LogP contribution is -2.40. The van der Waals surface area contributed by atoms with Crippen molar-refractivity contribution in [3.8, 4) is 11.4 Å². The smallest absolute Gasteiger partial charge is 0.449 e. The topological polar surface area (TPSA) is 117 Å². The Hall–Kier alpha value is -4.76. The van der Waals surface area contributed by atoms with Crippen LogP contribution in [-0.4, -0.2) is 35.7 Å². The van der Waals surface area contributed by atoms with Crippen molar-refractivity contribution in [3.63, 3.8) is 0 Å². The lowest BCUT2D eigenvalue weighted by Gasteiger charge is -2.16. The van der Waals surface area contributed by atoms with Crippen LogP contribution in [0, 0.1) is 6.92 Å². The van der Waals surface area contributed by atoms with E-state index < -0.39 is 59.8 Å². The first-order valence-corrected chi connectivity index (χ1v) is 11.2. The monoisotopic (exact) mass is 572 g/mol. The van der Waals surface area contributed by atoms with Gasteiger partial charge < -0.3 is 9.84 Å². The number of aromatic nitrogens is 4. The average Bonchev–Trinajstić information content (AvgIpc) is 3.06. The van der Waals surface area contributed by atoms with E-state index in [1.807, 2.05) is 0 Å². The number of benzene rings is 2. The fourth-order valence-corrected chi connectivity index (χ4v) is 4.28. The second kappa shape index (κ2) is 9.77. The highest BCUT2D eigenvalue weighted by Crippen LogP contribution is 2.33. The molecule has 0 aliphatic rings. The summed E-state index contributed by atoms with van der Waals surface area (Å²) in [6.07, 6.45) is -10.8. The number of carboxylic acid groups (broad SMARTS) is 1. The summed E-state index contributed by atoms with van der Waals surface area (Å²) in [5, 5.41) is 9.06. The largest absolute Gasteiger partial charge is 0.511 e. The summed E-state index contributed by atoms with van der Waals surface area (Å²) in [7, 11) is 1.24. The predicted octanol–water partition coefficient (Wildman–Crippen LogP) is 3.65. The number of carbonyl (C=O) groups is 1. The van der Waals surface area contributed by atoms with Gasteiger partial charge in [-0.25, -0.2) is 14.4 Å². The quantitative estimate of drug-likeness (QED) is 0.288. The number of hydrogen-bond acceptors (Lipinski definition) is 5. The van der Waals surface area contributed by atoms with Crippen LogP contribution in [0.25, 0.3) is 16.7 Å². The molecule has 0 atom stereocenters. The van der Waals surface area contributed by atoms with Gasteiger partial charge in [0.1, 0.15) is 6.54 Å². The number of alkyl halides is 6. The van der Waals surface area contributed by atoms with E-state index in [9.17, 15) is 45.5 Å². The number of imidazole rings is 1. The standard InChI is InChI=1S/C24H18F6N4O6/c1-12-13(4-3-5-15(12)24(28,29)30)9-33-19(35)18(40-22(38)39)10-32(21(33)37)14-6-7-16-17(8-14)34(11-23(25,26)27)20(36)31(16)2/h3-8,10H,9,11H2,1-2H3,(H,38,39). The van der Waals surface area contributed by atoms with Crippen LogP contribution in [-0.2, 0) is 26.3 Å². The fraction of sp³-hybridized carbons (Fsp3) is 0.250. The van der Waals surface area contributed by atoms with Crippen LogP contribution in [0.15, 0.2) is 57.0 Å². The molecule has 10 nitrogen and oxygen atoms in total. The van der Waals surface area contributed by atoms with Crippen LogP contribution in [0.3, 0.4) is 0 Å². The minimum atomic E-state index is -4.77. The Bertz CT molecular complexity index is 1830. The molecule has 2 heterocycles. The maximum Gasteiger partial charge on any atom is 0.511 e. The highest BCUT2D eigenvalue weighted by molar-refractivity contribution is 5.78. The molecule has 4 rings (SSSR count). The maximum atomic E-state index is 13.4. The fourth-order valence-electron chi connectivity index (χ4n) is 4.28. The molecule has 0 aliphatic carbocycles. The highest BCUT2D eigenvalue weighted by Gasteiger charge is 2.33. The van der Waals surface area contributed by atoms with Crippen molar-refractivity contribution in [3.05, 3.63) is 90.6 Å². The number of fused-ring (bicyclic) bond motifs is 1. The number of nitrogens with zero attached hydrogens (tertiary/aromatic N) is 4. The van der Waals surface area contributed by atoms with Gasteiger partial charge in [-0.05, 0) is 42.3 Å². The van der Waals surface area contributed by atoms with Gasteiger partial charge in [-0.3, -0.25) is 23.1 Å². The molecule has 0 unspecified atom stereocenters. The summed E-state index contributed by atoms with van der Waals surface area (Å²) in [6.45, 7) is -1.25. The maximum absolute atomic E-state index is 13.4. The zero-order valence-corrected chi connectivity index (χ0v) is 20.5. The normalized spacial score (nSPS) is 12.2. The van der Waals surface area contributed by atoms with Crippen molar-refractivity contribution in [2.75, 3.05) is 0 Å². The molecule has 1 N–H and O–H groups in total. The van der Waals surface area contributed by atoms with E-state index in [1.165, 1.54) is 25.2 Å². The van der Waals surface area contributed by atoms with Crippen molar-refractivity contribution in [2.45, 2.75) is 32.4 Å². The third-order valence-corrected chi connectivity index (χ3v) is 6.16. The van der Waals surface area contributed by atoms with Gasteiger partial charge in [0.25, 0.3) is 5.56 Å². The third-order valence-electron chi connectivity index (χ3n) is 6.16. The SMILES string of the molecule is Cc1c(Cn2c(=O)c(OC(=O)O)cn(-c3ccc4c(c3)n(CC(F)(F)F)c(=O)n4C)c2=O)cccc1C(F)(F)F.